The molecule has 0 aliphatic carbocycles. The van der Waals surface area contributed by atoms with Crippen LogP contribution in [0.4, 0.5) is 4.39 Å². The molecule has 0 atom stereocenters. The highest BCUT2D eigenvalue weighted by Gasteiger charge is 2.07. The van der Waals surface area contributed by atoms with E-state index in [1.54, 1.807) is 30.3 Å². The van der Waals surface area contributed by atoms with Crippen molar-refractivity contribution in [2.75, 3.05) is 0 Å². The molecule has 4 heteroatoms. The maximum absolute atomic E-state index is 13.5. The van der Waals surface area contributed by atoms with Gasteiger partial charge >= 0.3 is 0 Å². The lowest BCUT2D eigenvalue weighted by molar-refractivity contribution is 0.630. The van der Waals surface area contributed by atoms with Crippen molar-refractivity contribution in [3.63, 3.8) is 0 Å². The molecule has 1 aromatic heterocycles. The third-order valence-corrected chi connectivity index (χ3v) is 2.62. The van der Waals surface area contributed by atoms with Gasteiger partial charge in [0.2, 0.25) is 0 Å². The van der Waals surface area contributed by atoms with Crippen molar-refractivity contribution in [1.82, 2.24) is 4.98 Å². The quantitative estimate of drug-likeness (QED) is 0.815. The van der Waals surface area contributed by atoms with Gasteiger partial charge in [-0.05, 0) is 18.2 Å². The maximum Gasteiger partial charge on any atom is 0.134 e. The van der Waals surface area contributed by atoms with Crippen LogP contribution in [0.5, 0.6) is 0 Å². The smallest absolute Gasteiger partial charge is 0.134 e. The van der Waals surface area contributed by atoms with E-state index in [0.29, 0.717) is 23.0 Å². The van der Waals surface area contributed by atoms with Crippen LogP contribution in [0.25, 0.3) is 11.3 Å². The highest BCUT2D eigenvalue weighted by molar-refractivity contribution is 6.30. The van der Waals surface area contributed by atoms with Crippen molar-refractivity contribution in [3.05, 3.63) is 52.9 Å². The monoisotopic (exact) mass is 236 g/mol. The van der Waals surface area contributed by atoms with E-state index in [2.05, 4.69) is 4.98 Å². The first-order valence-electron chi connectivity index (χ1n) is 4.83. The molecule has 2 N–H and O–H groups in total. The second-order valence-electron chi connectivity index (χ2n) is 3.33. The summed E-state index contributed by atoms with van der Waals surface area (Å²) in [6, 6.07) is 9.92. The Hall–Kier alpha value is -1.45. The number of rotatable bonds is 2. The van der Waals surface area contributed by atoms with Crippen LogP contribution in [0.1, 0.15) is 5.56 Å². The highest BCUT2D eigenvalue weighted by atomic mass is 35.5. The normalized spacial score (nSPS) is 10.4. The van der Waals surface area contributed by atoms with E-state index < -0.39 is 0 Å². The van der Waals surface area contributed by atoms with Crippen LogP contribution in [0.2, 0.25) is 5.15 Å². The van der Waals surface area contributed by atoms with Crippen LogP contribution in [0, 0.1) is 5.82 Å². The standard InChI is InChI=1S/C12H10ClFN2/c13-12-8(7-15)5-6-11(16-12)9-3-1-2-4-10(9)14/h1-6H,7,15H2. The first-order chi connectivity index (χ1) is 7.72. The molecule has 2 rings (SSSR count). The van der Waals surface area contributed by atoms with Crippen molar-refractivity contribution in [2.45, 2.75) is 6.54 Å². The van der Waals surface area contributed by atoms with E-state index >= 15 is 0 Å². The third-order valence-electron chi connectivity index (χ3n) is 2.30. The fourth-order valence-electron chi connectivity index (χ4n) is 1.43. The summed E-state index contributed by atoms with van der Waals surface area (Å²) in [5.74, 6) is -0.313. The van der Waals surface area contributed by atoms with E-state index in [9.17, 15) is 4.39 Å². The number of nitrogens with two attached hydrogens (primary N) is 1. The lowest BCUT2D eigenvalue weighted by atomic mass is 10.1. The fraction of sp³-hybridized carbons (Fsp3) is 0.0833. The minimum Gasteiger partial charge on any atom is -0.326 e. The van der Waals surface area contributed by atoms with Crippen molar-refractivity contribution in [3.8, 4) is 11.3 Å². The molecule has 0 spiro atoms. The van der Waals surface area contributed by atoms with Crippen LogP contribution in [-0.2, 0) is 6.54 Å². The fourth-order valence-corrected chi connectivity index (χ4v) is 1.67. The topological polar surface area (TPSA) is 38.9 Å². The van der Waals surface area contributed by atoms with E-state index in [1.807, 2.05) is 0 Å². The largest absolute Gasteiger partial charge is 0.326 e. The first-order valence-corrected chi connectivity index (χ1v) is 5.20. The van der Waals surface area contributed by atoms with Crippen LogP contribution < -0.4 is 5.73 Å². The van der Waals surface area contributed by atoms with E-state index in [0.717, 1.165) is 5.56 Å². The van der Waals surface area contributed by atoms with Gasteiger partial charge in [0.05, 0.1) is 5.69 Å². The molecule has 2 nitrogen and oxygen atoms in total. The van der Waals surface area contributed by atoms with E-state index in [1.165, 1.54) is 6.07 Å². The third kappa shape index (κ3) is 2.05. The zero-order valence-electron chi connectivity index (χ0n) is 8.45. The molecule has 16 heavy (non-hydrogen) atoms. The minimum absolute atomic E-state index is 0.313. The second kappa shape index (κ2) is 4.60. The summed E-state index contributed by atoms with van der Waals surface area (Å²) in [5.41, 5.74) is 7.17. The van der Waals surface area contributed by atoms with Crippen LogP contribution >= 0.6 is 11.6 Å². The summed E-state index contributed by atoms with van der Waals surface area (Å²) in [4.78, 5) is 4.12. The Balaban J connectivity index is 2.50. The van der Waals surface area contributed by atoms with Crippen LogP contribution in [0.3, 0.4) is 0 Å². The van der Waals surface area contributed by atoms with Crippen LogP contribution in [0.15, 0.2) is 36.4 Å². The zero-order valence-corrected chi connectivity index (χ0v) is 9.21. The Labute approximate surface area is 97.9 Å². The molecule has 0 aliphatic heterocycles. The number of hydrogen-bond donors (Lipinski definition) is 1. The number of pyridine rings is 1. The van der Waals surface area contributed by atoms with Gasteiger partial charge in [-0.25, -0.2) is 9.37 Å². The molecule has 0 bridgehead atoms. The van der Waals surface area contributed by atoms with Gasteiger partial charge in [-0.1, -0.05) is 29.8 Å². The molecule has 1 heterocycles. The number of nitrogens with zero attached hydrogens (tertiary/aromatic N) is 1. The SMILES string of the molecule is NCc1ccc(-c2ccccc2F)nc1Cl. The molecule has 0 saturated carbocycles. The zero-order chi connectivity index (χ0) is 11.5. The lowest BCUT2D eigenvalue weighted by Gasteiger charge is -2.05. The summed E-state index contributed by atoms with van der Waals surface area (Å²) >= 11 is 5.92. The maximum atomic E-state index is 13.5. The van der Waals surface area contributed by atoms with Gasteiger partial charge < -0.3 is 5.73 Å². The van der Waals surface area contributed by atoms with Crippen molar-refractivity contribution >= 4 is 11.6 Å². The minimum atomic E-state index is -0.313. The first kappa shape index (κ1) is 11.0. The molecule has 0 unspecified atom stereocenters. The van der Waals surface area contributed by atoms with Gasteiger partial charge in [-0.3, -0.25) is 0 Å². The summed E-state index contributed by atoms with van der Waals surface area (Å²) in [7, 11) is 0. The predicted molar refractivity (Wildman–Crippen MR) is 62.5 cm³/mol. The van der Waals surface area contributed by atoms with Crippen molar-refractivity contribution < 1.29 is 4.39 Å². The van der Waals surface area contributed by atoms with E-state index in [-0.39, 0.29) is 5.82 Å². The molecular weight excluding hydrogens is 227 g/mol. The molecular formula is C12H10ClFN2. The second-order valence-corrected chi connectivity index (χ2v) is 3.69. The van der Waals surface area contributed by atoms with Gasteiger partial charge in [0, 0.05) is 17.7 Å². The molecule has 1 aromatic carbocycles. The molecule has 0 saturated heterocycles. The highest BCUT2D eigenvalue weighted by Crippen LogP contribution is 2.23. The molecule has 2 aromatic rings. The lowest BCUT2D eigenvalue weighted by Crippen LogP contribution is -1.99. The van der Waals surface area contributed by atoms with E-state index in [4.69, 9.17) is 17.3 Å². The number of aromatic nitrogens is 1. The van der Waals surface area contributed by atoms with Crippen LogP contribution in [-0.4, -0.2) is 4.98 Å². The Kier molecular flexibility index (Phi) is 3.17. The Morgan fingerprint density at radius 3 is 2.56 bits per heavy atom. The Bertz CT molecular complexity index is 514. The van der Waals surface area contributed by atoms with Gasteiger partial charge in [0.15, 0.2) is 0 Å². The van der Waals surface area contributed by atoms with Crippen molar-refractivity contribution in [2.24, 2.45) is 5.73 Å². The number of hydrogen-bond acceptors (Lipinski definition) is 2. The Morgan fingerprint density at radius 1 is 1.19 bits per heavy atom. The summed E-state index contributed by atoms with van der Waals surface area (Å²) < 4.78 is 13.5. The molecule has 82 valence electrons. The van der Waals surface area contributed by atoms with Gasteiger partial charge in [0.1, 0.15) is 11.0 Å². The summed E-state index contributed by atoms with van der Waals surface area (Å²) in [6.45, 7) is 0.323. The predicted octanol–water partition coefficient (Wildman–Crippen LogP) is 3.00. The average molecular weight is 237 g/mol. The number of halogens is 2. The molecule has 0 radical (unpaired) electrons. The molecule has 0 amide bonds. The van der Waals surface area contributed by atoms with Crippen molar-refractivity contribution in [1.29, 1.82) is 0 Å². The molecule has 0 aliphatic rings. The Morgan fingerprint density at radius 2 is 1.94 bits per heavy atom. The van der Waals surface area contributed by atoms with Gasteiger partial charge in [-0.2, -0.15) is 0 Å². The van der Waals surface area contributed by atoms with Gasteiger partial charge in [0.25, 0.3) is 0 Å². The van der Waals surface area contributed by atoms with Gasteiger partial charge in [-0.15, -0.1) is 0 Å². The average Bonchev–Trinajstić information content (AvgIpc) is 2.29. The summed E-state index contributed by atoms with van der Waals surface area (Å²) in [6.07, 6.45) is 0. The molecule has 0 fully saturated rings. The number of benzene rings is 1. The summed E-state index contributed by atoms with van der Waals surface area (Å²) in [5, 5.41) is 0.322.